The number of nitrogens with zero attached hydrogens (tertiary/aromatic N) is 1. The highest BCUT2D eigenvalue weighted by molar-refractivity contribution is 6.10. The van der Waals surface area contributed by atoms with Gasteiger partial charge in [-0.25, -0.2) is 0 Å². The summed E-state index contributed by atoms with van der Waals surface area (Å²) in [5.74, 6) is 0.0334. The largest absolute Gasteiger partial charge is 0.495 e. The fourth-order valence-electron chi connectivity index (χ4n) is 2.77. The number of carbonyl (C=O) groups excluding carboxylic acids is 2. The van der Waals surface area contributed by atoms with E-state index in [0.717, 1.165) is 17.7 Å². The molecule has 23 heavy (non-hydrogen) atoms. The van der Waals surface area contributed by atoms with Crippen LogP contribution in [0.2, 0.25) is 0 Å². The maximum absolute atomic E-state index is 12.4. The Kier molecular flexibility index (Phi) is 4.28. The summed E-state index contributed by atoms with van der Waals surface area (Å²) in [6.45, 7) is 0.625. The Hall–Kier alpha value is -2.82. The smallest absolute Gasteiger partial charge is 0.236 e. The molecule has 3 rings (SSSR count). The fraction of sp³-hybridized carbons (Fsp3) is 0.222. The minimum absolute atomic E-state index is 0.188. The number of rotatable bonds is 4. The standard InChI is InChI=1S/C18H18N2O3/c1-23-16-9-5-3-7-14(16)19-17(21)12-18(22)20-11-10-13-6-2-4-8-15(13)20/h2-9H,10-12H2,1H3,(H,19,21). The van der Waals surface area contributed by atoms with Crippen LogP contribution >= 0.6 is 0 Å². The Labute approximate surface area is 134 Å². The third-order valence-electron chi connectivity index (χ3n) is 3.88. The predicted octanol–water partition coefficient (Wildman–Crippen LogP) is 2.61. The molecule has 0 saturated heterocycles. The number of anilines is 2. The Morgan fingerprint density at radius 3 is 2.70 bits per heavy atom. The zero-order valence-electron chi connectivity index (χ0n) is 12.9. The average Bonchev–Trinajstić information content (AvgIpc) is 2.99. The molecule has 1 heterocycles. The van der Waals surface area contributed by atoms with Crippen molar-refractivity contribution in [3.8, 4) is 5.75 Å². The van der Waals surface area contributed by atoms with Gasteiger partial charge in [-0.05, 0) is 30.2 Å². The van der Waals surface area contributed by atoms with E-state index < -0.39 is 0 Å². The zero-order chi connectivity index (χ0) is 16.2. The lowest BCUT2D eigenvalue weighted by molar-refractivity contribution is -0.125. The lowest BCUT2D eigenvalue weighted by Gasteiger charge is -2.17. The first-order valence-corrected chi connectivity index (χ1v) is 7.50. The van der Waals surface area contributed by atoms with Crippen molar-refractivity contribution in [2.24, 2.45) is 0 Å². The average molecular weight is 310 g/mol. The van der Waals surface area contributed by atoms with E-state index in [1.165, 1.54) is 7.11 Å². The number of fused-ring (bicyclic) bond motifs is 1. The highest BCUT2D eigenvalue weighted by Crippen LogP contribution is 2.28. The number of para-hydroxylation sites is 3. The van der Waals surface area contributed by atoms with Gasteiger partial charge < -0.3 is 15.0 Å². The van der Waals surface area contributed by atoms with Gasteiger partial charge in [-0.1, -0.05) is 30.3 Å². The number of carbonyl (C=O) groups is 2. The Morgan fingerprint density at radius 2 is 1.87 bits per heavy atom. The SMILES string of the molecule is COc1ccccc1NC(=O)CC(=O)N1CCc2ccccc21. The summed E-state index contributed by atoms with van der Waals surface area (Å²) in [5.41, 5.74) is 2.61. The number of benzene rings is 2. The maximum atomic E-state index is 12.4. The van der Waals surface area contributed by atoms with E-state index in [0.29, 0.717) is 18.0 Å². The van der Waals surface area contributed by atoms with Gasteiger partial charge in [-0.3, -0.25) is 9.59 Å². The molecule has 0 atom stereocenters. The topological polar surface area (TPSA) is 58.6 Å². The number of ether oxygens (including phenoxy) is 1. The summed E-state index contributed by atoms with van der Waals surface area (Å²) in [5, 5.41) is 2.73. The molecule has 0 fully saturated rings. The minimum atomic E-state index is -0.344. The first-order valence-electron chi connectivity index (χ1n) is 7.50. The number of methoxy groups -OCH3 is 1. The van der Waals surface area contributed by atoms with Gasteiger partial charge in [-0.2, -0.15) is 0 Å². The summed E-state index contributed by atoms with van der Waals surface area (Å²) in [6, 6.07) is 14.9. The molecule has 118 valence electrons. The molecule has 5 nitrogen and oxygen atoms in total. The summed E-state index contributed by atoms with van der Waals surface area (Å²) in [4.78, 5) is 26.2. The first kappa shape index (κ1) is 15.1. The highest BCUT2D eigenvalue weighted by atomic mass is 16.5. The van der Waals surface area contributed by atoms with Crippen molar-refractivity contribution in [1.29, 1.82) is 0 Å². The van der Waals surface area contributed by atoms with Crippen molar-refractivity contribution in [2.45, 2.75) is 12.8 Å². The second kappa shape index (κ2) is 6.52. The molecular weight excluding hydrogens is 292 g/mol. The second-order valence-corrected chi connectivity index (χ2v) is 5.35. The van der Waals surface area contributed by atoms with Crippen molar-refractivity contribution < 1.29 is 14.3 Å². The van der Waals surface area contributed by atoms with Crippen molar-refractivity contribution in [3.05, 3.63) is 54.1 Å². The summed E-state index contributed by atoms with van der Waals surface area (Å²) >= 11 is 0. The summed E-state index contributed by atoms with van der Waals surface area (Å²) in [7, 11) is 1.54. The van der Waals surface area contributed by atoms with Gasteiger partial charge in [0.15, 0.2) is 0 Å². The van der Waals surface area contributed by atoms with Crippen LogP contribution in [0, 0.1) is 0 Å². The fourth-order valence-corrected chi connectivity index (χ4v) is 2.77. The molecule has 2 aromatic rings. The van der Waals surface area contributed by atoms with Gasteiger partial charge in [0.2, 0.25) is 11.8 Å². The van der Waals surface area contributed by atoms with Crippen molar-refractivity contribution in [2.75, 3.05) is 23.9 Å². The molecule has 0 aliphatic carbocycles. The van der Waals surface area contributed by atoms with Gasteiger partial charge in [0.1, 0.15) is 12.2 Å². The molecule has 0 unspecified atom stereocenters. The molecule has 0 radical (unpaired) electrons. The van der Waals surface area contributed by atoms with Crippen LogP contribution in [0.4, 0.5) is 11.4 Å². The van der Waals surface area contributed by atoms with E-state index in [1.807, 2.05) is 30.3 Å². The van der Waals surface area contributed by atoms with Crippen LogP contribution in [0.25, 0.3) is 0 Å². The van der Waals surface area contributed by atoms with Gasteiger partial charge in [0.05, 0.1) is 12.8 Å². The van der Waals surface area contributed by atoms with Gasteiger partial charge in [-0.15, -0.1) is 0 Å². The van der Waals surface area contributed by atoms with Crippen LogP contribution in [0.1, 0.15) is 12.0 Å². The molecule has 2 aromatic carbocycles. The molecule has 0 bridgehead atoms. The van der Waals surface area contributed by atoms with Crippen LogP contribution in [-0.2, 0) is 16.0 Å². The molecule has 5 heteroatoms. The minimum Gasteiger partial charge on any atom is -0.495 e. The molecule has 2 amide bonds. The molecule has 0 saturated carbocycles. The van der Waals surface area contributed by atoms with Crippen molar-refractivity contribution >= 4 is 23.2 Å². The van der Waals surface area contributed by atoms with Crippen LogP contribution in [-0.4, -0.2) is 25.5 Å². The molecule has 1 aliphatic rings. The number of amides is 2. The van der Waals surface area contributed by atoms with Crippen LogP contribution in [0.15, 0.2) is 48.5 Å². The molecule has 0 aromatic heterocycles. The van der Waals surface area contributed by atoms with Crippen molar-refractivity contribution in [1.82, 2.24) is 0 Å². The molecule has 1 N–H and O–H groups in total. The van der Waals surface area contributed by atoms with Crippen molar-refractivity contribution in [3.63, 3.8) is 0 Å². The maximum Gasteiger partial charge on any atom is 0.236 e. The highest BCUT2D eigenvalue weighted by Gasteiger charge is 2.25. The Balaban J connectivity index is 1.66. The van der Waals surface area contributed by atoms with E-state index in [1.54, 1.807) is 23.1 Å². The first-order chi connectivity index (χ1) is 11.2. The van der Waals surface area contributed by atoms with Gasteiger partial charge >= 0.3 is 0 Å². The number of nitrogens with one attached hydrogen (secondary N) is 1. The monoisotopic (exact) mass is 310 g/mol. The van der Waals surface area contributed by atoms with Crippen LogP contribution in [0.5, 0.6) is 5.75 Å². The normalized spacial score (nSPS) is 12.7. The van der Waals surface area contributed by atoms with Gasteiger partial charge in [0, 0.05) is 12.2 Å². The number of hydrogen-bond acceptors (Lipinski definition) is 3. The number of hydrogen-bond donors (Lipinski definition) is 1. The lowest BCUT2D eigenvalue weighted by atomic mass is 10.2. The Morgan fingerprint density at radius 1 is 1.13 bits per heavy atom. The zero-order valence-corrected chi connectivity index (χ0v) is 12.9. The van der Waals surface area contributed by atoms with E-state index in [9.17, 15) is 9.59 Å². The predicted molar refractivity (Wildman–Crippen MR) is 88.7 cm³/mol. The molecule has 1 aliphatic heterocycles. The van der Waals surface area contributed by atoms with E-state index in [2.05, 4.69) is 5.32 Å². The molecule has 0 spiro atoms. The van der Waals surface area contributed by atoms with Crippen LogP contribution in [0.3, 0.4) is 0 Å². The Bertz CT molecular complexity index is 743. The lowest BCUT2D eigenvalue weighted by Crippen LogP contribution is -2.32. The van der Waals surface area contributed by atoms with Gasteiger partial charge in [0.25, 0.3) is 0 Å². The van der Waals surface area contributed by atoms with Crippen LogP contribution < -0.4 is 15.0 Å². The van der Waals surface area contributed by atoms with E-state index in [-0.39, 0.29) is 18.2 Å². The summed E-state index contributed by atoms with van der Waals surface area (Å²) in [6.07, 6.45) is 0.641. The van der Waals surface area contributed by atoms with E-state index in [4.69, 9.17) is 4.74 Å². The third-order valence-corrected chi connectivity index (χ3v) is 3.88. The van der Waals surface area contributed by atoms with E-state index >= 15 is 0 Å². The third kappa shape index (κ3) is 3.18. The summed E-state index contributed by atoms with van der Waals surface area (Å²) < 4.78 is 5.19. The quantitative estimate of drug-likeness (QED) is 0.883. The second-order valence-electron chi connectivity index (χ2n) is 5.35. The molecular formula is C18H18N2O3.